The summed E-state index contributed by atoms with van der Waals surface area (Å²) in [5, 5.41) is 13.4. The summed E-state index contributed by atoms with van der Waals surface area (Å²) < 4.78 is 0. The number of hydrogen-bond acceptors (Lipinski definition) is 3. The summed E-state index contributed by atoms with van der Waals surface area (Å²) in [6.45, 7) is 9.85. The van der Waals surface area contributed by atoms with Gasteiger partial charge < -0.3 is 15.3 Å². The minimum Gasteiger partial charge on any atom is -0.393 e. The van der Waals surface area contributed by atoms with Crippen molar-refractivity contribution >= 4 is 0 Å². The molecule has 118 valence electrons. The Labute approximate surface area is 129 Å². The standard InChI is InChI=1S/C18H30N2O/c1-14-12-20(11-10-16(14)21)13-18(2,3)17(19-4)15-8-6-5-7-9-15/h5-9,14,16-17,19,21H,10-13H2,1-4H3. The number of hydrogen-bond donors (Lipinski definition) is 2. The second kappa shape index (κ2) is 6.91. The minimum absolute atomic E-state index is 0.126. The number of aliphatic hydroxyl groups is 1. The maximum absolute atomic E-state index is 9.89. The molecule has 1 aliphatic rings. The first-order valence-electron chi connectivity index (χ1n) is 8.06. The maximum Gasteiger partial charge on any atom is 0.0590 e. The Kier molecular flexibility index (Phi) is 5.42. The van der Waals surface area contributed by atoms with Crippen molar-refractivity contribution in [2.75, 3.05) is 26.7 Å². The predicted octanol–water partition coefficient (Wildman–Crippen LogP) is 2.68. The lowest BCUT2D eigenvalue weighted by Gasteiger charge is -2.42. The van der Waals surface area contributed by atoms with E-state index in [0.717, 1.165) is 26.1 Å². The SMILES string of the molecule is CNC(c1ccccc1)C(C)(C)CN1CCC(O)C(C)C1. The van der Waals surface area contributed by atoms with Crippen LogP contribution in [-0.4, -0.2) is 42.8 Å². The summed E-state index contributed by atoms with van der Waals surface area (Å²) >= 11 is 0. The van der Waals surface area contributed by atoms with Crippen molar-refractivity contribution in [1.29, 1.82) is 0 Å². The Bertz CT molecular complexity index is 432. The van der Waals surface area contributed by atoms with Crippen LogP contribution in [0.1, 0.15) is 38.8 Å². The van der Waals surface area contributed by atoms with E-state index >= 15 is 0 Å². The fourth-order valence-corrected chi connectivity index (χ4v) is 3.68. The summed E-state index contributed by atoms with van der Waals surface area (Å²) in [4.78, 5) is 2.50. The van der Waals surface area contributed by atoms with E-state index in [2.05, 4.69) is 61.3 Å². The van der Waals surface area contributed by atoms with Gasteiger partial charge in [-0.15, -0.1) is 0 Å². The number of nitrogens with zero attached hydrogens (tertiary/aromatic N) is 1. The van der Waals surface area contributed by atoms with E-state index in [4.69, 9.17) is 0 Å². The van der Waals surface area contributed by atoms with Crippen LogP contribution in [0.15, 0.2) is 30.3 Å². The van der Waals surface area contributed by atoms with Crippen LogP contribution in [0.5, 0.6) is 0 Å². The van der Waals surface area contributed by atoms with Crippen LogP contribution in [-0.2, 0) is 0 Å². The lowest BCUT2D eigenvalue weighted by atomic mass is 9.79. The lowest BCUT2D eigenvalue weighted by molar-refractivity contribution is 0.0156. The van der Waals surface area contributed by atoms with E-state index in [0.29, 0.717) is 12.0 Å². The molecule has 1 heterocycles. The van der Waals surface area contributed by atoms with Gasteiger partial charge in [0.2, 0.25) is 0 Å². The second-order valence-corrected chi connectivity index (χ2v) is 7.19. The quantitative estimate of drug-likeness (QED) is 0.875. The monoisotopic (exact) mass is 290 g/mol. The zero-order valence-corrected chi connectivity index (χ0v) is 13.8. The van der Waals surface area contributed by atoms with Crippen molar-refractivity contribution < 1.29 is 5.11 Å². The molecule has 0 radical (unpaired) electrons. The Hall–Kier alpha value is -0.900. The third-order valence-corrected chi connectivity index (χ3v) is 4.78. The summed E-state index contributed by atoms with van der Waals surface area (Å²) in [5.41, 5.74) is 1.48. The summed E-state index contributed by atoms with van der Waals surface area (Å²) in [5.74, 6) is 0.374. The fourth-order valence-electron chi connectivity index (χ4n) is 3.68. The molecule has 0 spiro atoms. The van der Waals surface area contributed by atoms with Crippen LogP contribution in [0.25, 0.3) is 0 Å². The Morgan fingerprint density at radius 2 is 2.00 bits per heavy atom. The highest BCUT2D eigenvalue weighted by Gasteiger charge is 2.34. The molecule has 1 saturated heterocycles. The number of piperidine rings is 1. The van der Waals surface area contributed by atoms with Crippen molar-refractivity contribution in [2.24, 2.45) is 11.3 Å². The molecule has 1 fully saturated rings. The molecule has 1 aromatic carbocycles. The van der Waals surface area contributed by atoms with Gasteiger partial charge in [0, 0.05) is 25.7 Å². The molecule has 3 atom stereocenters. The number of aliphatic hydroxyl groups excluding tert-OH is 1. The molecular formula is C18H30N2O. The minimum atomic E-state index is -0.126. The molecule has 1 aliphatic heterocycles. The van der Waals surface area contributed by atoms with Crippen molar-refractivity contribution in [2.45, 2.75) is 39.3 Å². The number of likely N-dealkylation sites (tertiary alicyclic amines) is 1. The topological polar surface area (TPSA) is 35.5 Å². The van der Waals surface area contributed by atoms with E-state index in [-0.39, 0.29) is 11.5 Å². The van der Waals surface area contributed by atoms with Gasteiger partial charge in [0.1, 0.15) is 0 Å². The van der Waals surface area contributed by atoms with Crippen LogP contribution in [0.2, 0.25) is 0 Å². The average molecular weight is 290 g/mol. The predicted molar refractivity (Wildman–Crippen MR) is 88.3 cm³/mol. The molecule has 0 amide bonds. The third kappa shape index (κ3) is 4.06. The molecule has 1 aromatic rings. The van der Waals surface area contributed by atoms with Crippen LogP contribution in [0, 0.1) is 11.3 Å². The molecule has 0 aromatic heterocycles. The summed E-state index contributed by atoms with van der Waals surface area (Å²) in [7, 11) is 2.04. The highest BCUT2D eigenvalue weighted by molar-refractivity contribution is 5.21. The second-order valence-electron chi connectivity index (χ2n) is 7.19. The Balaban J connectivity index is 2.06. The summed E-state index contributed by atoms with van der Waals surface area (Å²) in [6, 6.07) is 11.0. The molecular weight excluding hydrogens is 260 g/mol. The molecule has 3 nitrogen and oxygen atoms in total. The molecule has 2 N–H and O–H groups in total. The van der Waals surface area contributed by atoms with Crippen molar-refractivity contribution in [3.63, 3.8) is 0 Å². The third-order valence-electron chi connectivity index (χ3n) is 4.78. The molecule has 2 rings (SSSR count). The van der Waals surface area contributed by atoms with Gasteiger partial charge in [0.25, 0.3) is 0 Å². The molecule has 3 unspecified atom stereocenters. The summed E-state index contributed by atoms with van der Waals surface area (Å²) in [6.07, 6.45) is 0.769. The van der Waals surface area contributed by atoms with Gasteiger partial charge in [-0.3, -0.25) is 0 Å². The van der Waals surface area contributed by atoms with Crippen molar-refractivity contribution in [1.82, 2.24) is 10.2 Å². The van der Waals surface area contributed by atoms with E-state index in [1.807, 2.05) is 7.05 Å². The van der Waals surface area contributed by atoms with Gasteiger partial charge in [-0.2, -0.15) is 0 Å². The van der Waals surface area contributed by atoms with Crippen molar-refractivity contribution in [3.05, 3.63) is 35.9 Å². The average Bonchev–Trinajstić information content (AvgIpc) is 2.44. The number of nitrogens with one attached hydrogen (secondary N) is 1. The highest BCUT2D eigenvalue weighted by atomic mass is 16.3. The molecule has 0 saturated carbocycles. The van der Waals surface area contributed by atoms with Crippen LogP contribution in [0.4, 0.5) is 0 Å². The zero-order valence-electron chi connectivity index (χ0n) is 13.8. The van der Waals surface area contributed by atoms with Gasteiger partial charge in [-0.25, -0.2) is 0 Å². The van der Waals surface area contributed by atoms with E-state index in [1.165, 1.54) is 5.56 Å². The lowest BCUT2D eigenvalue weighted by Crippen LogP contribution is -2.48. The molecule has 0 aliphatic carbocycles. The zero-order chi connectivity index (χ0) is 15.5. The van der Waals surface area contributed by atoms with Crippen molar-refractivity contribution in [3.8, 4) is 0 Å². The van der Waals surface area contributed by atoms with Gasteiger partial charge in [-0.1, -0.05) is 51.1 Å². The van der Waals surface area contributed by atoms with Gasteiger partial charge in [-0.05, 0) is 30.4 Å². The van der Waals surface area contributed by atoms with E-state index in [9.17, 15) is 5.11 Å². The largest absolute Gasteiger partial charge is 0.393 e. The van der Waals surface area contributed by atoms with Gasteiger partial charge in [0.15, 0.2) is 0 Å². The van der Waals surface area contributed by atoms with Crippen LogP contribution >= 0.6 is 0 Å². The first kappa shape index (κ1) is 16.5. The Morgan fingerprint density at radius 3 is 2.57 bits per heavy atom. The highest BCUT2D eigenvalue weighted by Crippen LogP contribution is 2.35. The fraction of sp³-hybridized carbons (Fsp3) is 0.667. The smallest absolute Gasteiger partial charge is 0.0590 e. The first-order valence-corrected chi connectivity index (χ1v) is 8.06. The van der Waals surface area contributed by atoms with E-state index in [1.54, 1.807) is 0 Å². The molecule has 0 bridgehead atoms. The first-order chi connectivity index (χ1) is 9.94. The molecule has 3 heteroatoms. The molecule has 21 heavy (non-hydrogen) atoms. The van der Waals surface area contributed by atoms with Gasteiger partial charge >= 0.3 is 0 Å². The van der Waals surface area contributed by atoms with Crippen LogP contribution < -0.4 is 5.32 Å². The number of rotatable bonds is 5. The Morgan fingerprint density at radius 1 is 1.33 bits per heavy atom. The normalized spacial score (nSPS) is 25.8. The number of benzene rings is 1. The van der Waals surface area contributed by atoms with E-state index < -0.39 is 0 Å². The van der Waals surface area contributed by atoms with Crippen LogP contribution in [0.3, 0.4) is 0 Å². The van der Waals surface area contributed by atoms with Gasteiger partial charge in [0.05, 0.1) is 6.10 Å². The maximum atomic E-state index is 9.89.